The second-order valence-corrected chi connectivity index (χ2v) is 4.52. The molecule has 6 heteroatoms. The molecule has 1 aliphatic heterocycles. The molecule has 6 nitrogen and oxygen atoms in total. The molecule has 18 heavy (non-hydrogen) atoms. The first-order valence-electron chi connectivity index (χ1n) is 6.35. The Labute approximate surface area is 107 Å². The van der Waals surface area contributed by atoms with Crippen LogP contribution in [0.3, 0.4) is 0 Å². The lowest BCUT2D eigenvalue weighted by atomic mass is 10.1. The van der Waals surface area contributed by atoms with Crippen molar-refractivity contribution >= 4 is 5.91 Å². The lowest BCUT2D eigenvalue weighted by molar-refractivity contribution is -0.127. The van der Waals surface area contributed by atoms with Crippen LogP contribution in [0.25, 0.3) is 0 Å². The average molecular weight is 252 g/mol. The summed E-state index contributed by atoms with van der Waals surface area (Å²) in [6, 6.07) is 1.78. The van der Waals surface area contributed by atoms with E-state index in [1.165, 1.54) is 0 Å². The number of nitrogens with one attached hydrogen (secondary N) is 2. The molecule has 0 spiro atoms. The van der Waals surface area contributed by atoms with Gasteiger partial charge in [0.05, 0.1) is 12.2 Å². The van der Waals surface area contributed by atoms with E-state index in [9.17, 15) is 4.79 Å². The third-order valence-electron chi connectivity index (χ3n) is 3.04. The van der Waals surface area contributed by atoms with Gasteiger partial charge in [0.25, 0.3) is 0 Å². The fourth-order valence-electron chi connectivity index (χ4n) is 2.18. The number of aryl methyl sites for hydroxylation is 1. The predicted molar refractivity (Wildman–Crippen MR) is 67.0 cm³/mol. The first-order valence-corrected chi connectivity index (χ1v) is 6.35. The number of rotatable bonds is 4. The Kier molecular flexibility index (Phi) is 4.33. The van der Waals surface area contributed by atoms with E-state index in [-0.39, 0.29) is 11.9 Å². The van der Waals surface area contributed by atoms with Gasteiger partial charge < -0.3 is 15.2 Å². The zero-order chi connectivity index (χ0) is 13.0. The lowest BCUT2D eigenvalue weighted by Crippen LogP contribution is -2.57. The Morgan fingerprint density at radius 1 is 1.72 bits per heavy atom. The molecule has 1 aromatic rings. The van der Waals surface area contributed by atoms with Crippen LogP contribution in [0.1, 0.15) is 18.4 Å². The Bertz CT molecular complexity index is 405. The number of hydrogen-bond acceptors (Lipinski definition) is 5. The molecular weight excluding hydrogens is 232 g/mol. The van der Waals surface area contributed by atoms with Gasteiger partial charge in [0.15, 0.2) is 5.76 Å². The second-order valence-electron chi connectivity index (χ2n) is 4.52. The van der Waals surface area contributed by atoms with Crippen molar-refractivity contribution in [1.82, 2.24) is 20.7 Å². The molecule has 1 fully saturated rings. The van der Waals surface area contributed by atoms with Gasteiger partial charge in [-0.15, -0.1) is 0 Å². The fraction of sp³-hybridized carbons (Fsp3) is 0.667. The third kappa shape index (κ3) is 3.08. The quantitative estimate of drug-likeness (QED) is 0.782. The molecule has 1 atom stereocenters. The number of carbonyl (C=O) groups is 1. The molecule has 0 radical (unpaired) electrons. The lowest BCUT2D eigenvalue weighted by Gasteiger charge is -2.34. The van der Waals surface area contributed by atoms with Crippen LogP contribution in [-0.2, 0) is 11.3 Å². The van der Waals surface area contributed by atoms with Crippen molar-refractivity contribution in [3.8, 4) is 0 Å². The van der Waals surface area contributed by atoms with Gasteiger partial charge in [-0.05, 0) is 13.8 Å². The molecule has 0 aliphatic carbocycles. The van der Waals surface area contributed by atoms with Gasteiger partial charge in [-0.25, -0.2) is 0 Å². The monoisotopic (exact) mass is 252 g/mol. The van der Waals surface area contributed by atoms with Crippen LogP contribution in [0.2, 0.25) is 0 Å². The summed E-state index contributed by atoms with van der Waals surface area (Å²) >= 11 is 0. The highest BCUT2D eigenvalue weighted by Gasteiger charge is 2.28. The molecule has 1 unspecified atom stereocenters. The third-order valence-corrected chi connectivity index (χ3v) is 3.04. The Hall–Kier alpha value is -1.40. The van der Waals surface area contributed by atoms with Crippen LogP contribution < -0.4 is 10.6 Å². The zero-order valence-electron chi connectivity index (χ0n) is 10.9. The van der Waals surface area contributed by atoms with Crippen molar-refractivity contribution in [3.63, 3.8) is 0 Å². The maximum Gasteiger partial charge on any atom is 0.238 e. The number of likely N-dealkylation sites (N-methyl/N-ethyl adjacent to an activating group) is 1. The topological polar surface area (TPSA) is 70.4 Å². The van der Waals surface area contributed by atoms with Gasteiger partial charge in [0, 0.05) is 32.2 Å². The molecule has 1 aromatic heterocycles. The van der Waals surface area contributed by atoms with E-state index >= 15 is 0 Å². The summed E-state index contributed by atoms with van der Waals surface area (Å²) < 4.78 is 5.21. The maximum absolute atomic E-state index is 12.0. The molecule has 2 rings (SSSR count). The van der Waals surface area contributed by atoms with Crippen molar-refractivity contribution < 1.29 is 9.32 Å². The first-order chi connectivity index (χ1) is 8.70. The highest BCUT2D eigenvalue weighted by molar-refractivity contribution is 5.82. The van der Waals surface area contributed by atoms with Crippen LogP contribution >= 0.6 is 0 Å². The smallest absolute Gasteiger partial charge is 0.238 e. The summed E-state index contributed by atoms with van der Waals surface area (Å²) in [4.78, 5) is 14.1. The van der Waals surface area contributed by atoms with Crippen LogP contribution in [0.4, 0.5) is 0 Å². The molecule has 1 aliphatic rings. The number of nitrogens with zero attached hydrogens (tertiary/aromatic N) is 2. The Balaban J connectivity index is 2.01. The number of amides is 1. The van der Waals surface area contributed by atoms with Gasteiger partial charge >= 0.3 is 0 Å². The SMILES string of the molecule is CCNC(=O)C1CNCCN1Cc1cc(C)no1. The normalized spacial score (nSPS) is 20.9. The van der Waals surface area contributed by atoms with Crippen molar-refractivity contribution in [2.75, 3.05) is 26.2 Å². The van der Waals surface area contributed by atoms with Gasteiger partial charge in [0.2, 0.25) is 5.91 Å². The van der Waals surface area contributed by atoms with Crippen molar-refractivity contribution in [2.24, 2.45) is 0 Å². The molecule has 0 aromatic carbocycles. The van der Waals surface area contributed by atoms with Crippen LogP contribution in [0.5, 0.6) is 0 Å². The molecule has 100 valence electrons. The highest BCUT2D eigenvalue weighted by atomic mass is 16.5. The predicted octanol–water partition coefficient (Wildman–Crippen LogP) is -0.107. The number of piperazine rings is 1. The van der Waals surface area contributed by atoms with Crippen LogP contribution in [-0.4, -0.2) is 48.2 Å². The molecule has 0 bridgehead atoms. The highest BCUT2D eigenvalue weighted by Crippen LogP contribution is 2.11. The first kappa shape index (κ1) is 13.0. The molecule has 1 amide bonds. The number of hydrogen-bond donors (Lipinski definition) is 2. The second kappa shape index (κ2) is 5.97. The molecule has 1 saturated heterocycles. The standard InChI is InChI=1S/C12H20N4O2/c1-3-14-12(17)11-7-13-4-5-16(11)8-10-6-9(2)15-18-10/h6,11,13H,3-5,7-8H2,1-2H3,(H,14,17). The number of aromatic nitrogens is 1. The number of carbonyl (C=O) groups excluding carboxylic acids is 1. The van der Waals surface area contributed by atoms with Gasteiger partial charge in [-0.2, -0.15) is 0 Å². The Morgan fingerprint density at radius 2 is 2.56 bits per heavy atom. The van der Waals surface area contributed by atoms with Gasteiger partial charge in [-0.1, -0.05) is 5.16 Å². The maximum atomic E-state index is 12.0. The zero-order valence-corrected chi connectivity index (χ0v) is 10.9. The minimum absolute atomic E-state index is 0.0703. The van der Waals surface area contributed by atoms with E-state index in [2.05, 4.69) is 20.7 Å². The van der Waals surface area contributed by atoms with Gasteiger partial charge in [-0.3, -0.25) is 9.69 Å². The molecule has 2 N–H and O–H groups in total. The molecular formula is C12H20N4O2. The summed E-state index contributed by atoms with van der Waals surface area (Å²) in [5, 5.41) is 9.99. The van der Waals surface area contributed by atoms with Crippen molar-refractivity contribution in [3.05, 3.63) is 17.5 Å². The molecule has 0 saturated carbocycles. The van der Waals surface area contributed by atoms with E-state index in [0.717, 1.165) is 24.5 Å². The summed E-state index contributed by atoms with van der Waals surface area (Å²) in [6.07, 6.45) is 0. The minimum Gasteiger partial charge on any atom is -0.360 e. The Morgan fingerprint density at radius 3 is 3.22 bits per heavy atom. The van der Waals surface area contributed by atoms with Crippen molar-refractivity contribution in [2.45, 2.75) is 26.4 Å². The van der Waals surface area contributed by atoms with Crippen LogP contribution in [0.15, 0.2) is 10.6 Å². The minimum atomic E-state index is -0.135. The van der Waals surface area contributed by atoms with Crippen LogP contribution in [0, 0.1) is 6.92 Å². The van der Waals surface area contributed by atoms with E-state index < -0.39 is 0 Å². The molecule has 2 heterocycles. The summed E-state index contributed by atoms with van der Waals surface area (Å²) in [5.74, 6) is 0.879. The summed E-state index contributed by atoms with van der Waals surface area (Å²) in [6.45, 7) is 7.52. The average Bonchev–Trinajstić information content (AvgIpc) is 2.76. The fourth-order valence-corrected chi connectivity index (χ4v) is 2.18. The summed E-state index contributed by atoms with van der Waals surface area (Å²) in [7, 11) is 0. The van der Waals surface area contributed by atoms with E-state index in [4.69, 9.17) is 4.52 Å². The summed E-state index contributed by atoms with van der Waals surface area (Å²) in [5.41, 5.74) is 0.870. The largest absolute Gasteiger partial charge is 0.360 e. The van der Waals surface area contributed by atoms with E-state index in [1.807, 2.05) is 19.9 Å². The van der Waals surface area contributed by atoms with Gasteiger partial charge in [0.1, 0.15) is 6.04 Å². The van der Waals surface area contributed by atoms with E-state index in [0.29, 0.717) is 19.6 Å². The van der Waals surface area contributed by atoms with E-state index in [1.54, 1.807) is 0 Å². The van der Waals surface area contributed by atoms with Crippen molar-refractivity contribution in [1.29, 1.82) is 0 Å².